The van der Waals surface area contributed by atoms with Crippen molar-refractivity contribution >= 4 is 5.91 Å². The van der Waals surface area contributed by atoms with Gasteiger partial charge in [0.15, 0.2) is 5.82 Å². The van der Waals surface area contributed by atoms with E-state index in [2.05, 4.69) is 22.3 Å². The van der Waals surface area contributed by atoms with Crippen molar-refractivity contribution in [2.75, 3.05) is 20.2 Å². The molecular formula is C18H23N3O3. The lowest BCUT2D eigenvalue weighted by Crippen LogP contribution is -2.39. The van der Waals surface area contributed by atoms with Crippen LogP contribution in [0, 0.1) is 0 Å². The van der Waals surface area contributed by atoms with Crippen LogP contribution in [0.25, 0.3) is 0 Å². The molecule has 1 aromatic heterocycles. The Labute approximate surface area is 141 Å². The number of rotatable bonds is 6. The Morgan fingerprint density at radius 3 is 3.00 bits per heavy atom. The predicted octanol–water partition coefficient (Wildman–Crippen LogP) is 2.55. The number of benzene rings is 1. The van der Waals surface area contributed by atoms with E-state index in [4.69, 9.17) is 9.26 Å². The normalized spacial score (nSPS) is 17.9. The lowest BCUT2D eigenvalue weighted by Gasteiger charge is -2.31. The summed E-state index contributed by atoms with van der Waals surface area (Å²) in [6.45, 7) is 1.80. The molecule has 2 heterocycles. The molecule has 6 nitrogen and oxygen atoms in total. The smallest absolute Gasteiger partial charge is 0.252 e. The van der Waals surface area contributed by atoms with Crippen molar-refractivity contribution in [3.8, 4) is 0 Å². The van der Waals surface area contributed by atoms with E-state index < -0.39 is 0 Å². The average Bonchev–Trinajstić information content (AvgIpc) is 3.10. The summed E-state index contributed by atoms with van der Waals surface area (Å²) in [4.78, 5) is 18.8. The third-order valence-corrected chi connectivity index (χ3v) is 4.36. The first-order valence-corrected chi connectivity index (χ1v) is 8.39. The average molecular weight is 329 g/mol. The lowest BCUT2D eigenvalue weighted by atomic mass is 9.97. The largest absolute Gasteiger partial charge is 0.375 e. The Hall–Kier alpha value is -2.21. The van der Waals surface area contributed by atoms with E-state index in [1.807, 2.05) is 23.1 Å². The van der Waals surface area contributed by atoms with Crippen molar-refractivity contribution in [1.82, 2.24) is 15.0 Å². The van der Waals surface area contributed by atoms with Crippen molar-refractivity contribution in [3.63, 3.8) is 0 Å². The molecule has 24 heavy (non-hydrogen) atoms. The fourth-order valence-corrected chi connectivity index (χ4v) is 3.08. The summed E-state index contributed by atoms with van der Waals surface area (Å²) in [6, 6.07) is 10.1. The van der Waals surface area contributed by atoms with Crippen LogP contribution in [0.1, 0.15) is 42.5 Å². The maximum absolute atomic E-state index is 12.5. The summed E-state index contributed by atoms with van der Waals surface area (Å²) >= 11 is 0. The van der Waals surface area contributed by atoms with Gasteiger partial charge in [-0.3, -0.25) is 4.79 Å². The Morgan fingerprint density at radius 2 is 2.21 bits per heavy atom. The topological polar surface area (TPSA) is 68.5 Å². The second kappa shape index (κ2) is 8.06. The first-order valence-electron chi connectivity index (χ1n) is 8.39. The van der Waals surface area contributed by atoms with E-state index in [0.29, 0.717) is 31.3 Å². The predicted molar refractivity (Wildman–Crippen MR) is 88.3 cm³/mol. The number of piperidine rings is 1. The minimum absolute atomic E-state index is 0.147. The van der Waals surface area contributed by atoms with Gasteiger partial charge in [0.2, 0.25) is 5.91 Å². The van der Waals surface area contributed by atoms with E-state index in [1.54, 1.807) is 7.11 Å². The molecule has 1 unspecified atom stereocenters. The first-order chi connectivity index (χ1) is 11.8. The molecule has 0 aliphatic carbocycles. The molecule has 0 saturated carbocycles. The van der Waals surface area contributed by atoms with E-state index in [0.717, 1.165) is 25.8 Å². The van der Waals surface area contributed by atoms with Crippen molar-refractivity contribution in [2.24, 2.45) is 0 Å². The molecule has 1 atom stereocenters. The van der Waals surface area contributed by atoms with Crippen molar-refractivity contribution in [3.05, 3.63) is 47.6 Å². The summed E-state index contributed by atoms with van der Waals surface area (Å²) in [5.74, 6) is 1.51. The minimum Gasteiger partial charge on any atom is -0.375 e. The fourth-order valence-electron chi connectivity index (χ4n) is 3.08. The number of carbonyl (C=O) groups excluding carboxylic acids is 1. The zero-order chi connectivity index (χ0) is 16.8. The molecule has 3 rings (SSSR count). The first kappa shape index (κ1) is 16.6. The molecule has 1 aliphatic rings. The highest BCUT2D eigenvalue weighted by Crippen LogP contribution is 2.25. The second-order valence-corrected chi connectivity index (χ2v) is 6.14. The van der Waals surface area contributed by atoms with Crippen molar-refractivity contribution in [2.45, 2.75) is 38.2 Å². The Kier molecular flexibility index (Phi) is 5.59. The zero-order valence-electron chi connectivity index (χ0n) is 14.0. The monoisotopic (exact) mass is 329 g/mol. The molecule has 2 aromatic rings. The van der Waals surface area contributed by atoms with Crippen LogP contribution < -0.4 is 0 Å². The van der Waals surface area contributed by atoms with Gasteiger partial charge in [0.25, 0.3) is 5.89 Å². The molecule has 1 aromatic carbocycles. The van der Waals surface area contributed by atoms with Gasteiger partial charge in [-0.1, -0.05) is 35.5 Å². The molecule has 6 heteroatoms. The summed E-state index contributed by atoms with van der Waals surface area (Å²) < 4.78 is 10.2. The third kappa shape index (κ3) is 4.20. The van der Waals surface area contributed by atoms with Gasteiger partial charge in [-0.25, -0.2) is 0 Å². The number of aromatic nitrogens is 2. The molecule has 1 saturated heterocycles. The number of ether oxygens (including phenoxy) is 1. The van der Waals surface area contributed by atoms with Crippen LogP contribution in [-0.2, 0) is 22.6 Å². The molecule has 1 amide bonds. The van der Waals surface area contributed by atoms with E-state index in [9.17, 15) is 4.79 Å². The van der Waals surface area contributed by atoms with Crippen LogP contribution in [0.4, 0.5) is 0 Å². The van der Waals surface area contributed by atoms with E-state index in [-0.39, 0.29) is 11.8 Å². The third-order valence-electron chi connectivity index (χ3n) is 4.36. The van der Waals surface area contributed by atoms with Crippen LogP contribution in [0.3, 0.4) is 0 Å². The molecule has 1 aliphatic heterocycles. The van der Waals surface area contributed by atoms with Gasteiger partial charge in [0, 0.05) is 32.5 Å². The number of methoxy groups -OCH3 is 1. The number of carbonyl (C=O) groups is 1. The molecule has 0 N–H and O–H groups in total. The number of likely N-dealkylation sites (tertiary alicyclic amines) is 1. The van der Waals surface area contributed by atoms with Crippen LogP contribution in [-0.4, -0.2) is 41.1 Å². The van der Waals surface area contributed by atoms with Gasteiger partial charge in [0.05, 0.1) is 0 Å². The minimum atomic E-state index is 0.147. The summed E-state index contributed by atoms with van der Waals surface area (Å²) in [5, 5.41) is 4.04. The van der Waals surface area contributed by atoms with E-state index in [1.165, 1.54) is 5.56 Å². The van der Waals surface area contributed by atoms with Gasteiger partial charge >= 0.3 is 0 Å². The summed E-state index contributed by atoms with van der Waals surface area (Å²) in [5.41, 5.74) is 1.20. The summed E-state index contributed by atoms with van der Waals surface area (Å²) in [7, 11) is 1.59. The summed E-state index contributed by atoms with van der Waals surface area (Å²) in [6.07, 6.45) is 3.27. The standard InChI is InChI=1S/C18H23N3O3/c1-23-13-16-19-18(20-24-16)15-8-5-11-21(12-15)17(22)10-9-14-6-3-2-4-7-14/h2-4,6-7,15H,5,8-13H2,1H3. The van der Waals surface area contributed by atoms with Crippen molar-refractivity contribution in [1.29, 1.82) is 0 Å². The van der Waals surface area contributed by atoms with Crippen LogP contribution in [0.15, 0.2) is 34.9 Å². The highest BCUT2D eigenvalue weighted by atomic mass is 16.5. The number of amides is 1. The highest BCUT2D eigenvalue weighted by Gasteiger charge is 2.27. The van der Waals surface area contributed by atoms with Gasteiger partial charge in [-0.2, -0.15) is 4.98 Å². The SMILES string of the molecule is COCc1nc(C2CCCN(C(=O)CCc3ccccc3)C2)no1. The van der Waals surface area contributed by atoms with Gasteiger partial charge in [-0.05, 0) is 24.8 Å². The number of nitrogens with zero attached hydrogens (tertiary/aromatic N) is 3. The maximum Gasteiger partial charge on any atom is 0.252 e. The maximum atomic E-state index is 12.5. The molecule has 0 spiro atoms. The fraction of sp³-hybridized carbons (Fsp3) is 0.500. The van der Waals surface area contributed by atoms with Gasteiger partial charge in [-0.15, -0.1) is 0 Å². The molecule has 0 bridgehead atoms. The molecule has 0 radical (unpaired) electrons. The van der Waals surface area contributed by atoms with Crippen LogP contribution >= 0.6 is 0 Å². The van der Waals surface area contributed by atoms with Gasteiger partial charge < -0.3 is 14.2 Å². The quantitative estimate of drug-likeness (QED) is 0.815. The number of hydrogen-bond donors (Lipinski definition) is 0. The second-order valence-electron chi connectivity index (χ2n) is 6.14. The van der Waals surface area contributed by atoms with Crippen molar-refractivity contribution < 1.29 is 14.1 Å². The molecule has 128 valence electrons. The number of hydrogen-bond acceptors (Lipinski definition) is 5. The number of aryl methyl sites for hydroxylation is 1. The van der Waals surface area contributed by atoms with Gasteiger partial charge in [0.1, 0.15) is 6.61 Å². The van der Waals surface area contributed by atoms with Crippen LogP contribution in [0.5, 0.6) is 0 Å². The zero-order valence-corrected chi connectivity index (χ0v) is 14.0. The highest BCUT2D eigenvalue weighted by molar-refractivity contribution is 5.76. The molecule has 1 fully saturated rings. The Balaban J connectivity index is 1.55. The molecular weight excluding hydrogens is 306 g/mol. The van der Waals surface area contributed by atoms with Crippen LogP contribution in [0.2, 0.25) is 0 Å². The Bertz CT molecular complexity index is 657. The van der Waals surface area contributed by atoms with E-state index >= 15 is 0 Å². The lowest BCUT2D eigenvalue weighted by molar-refractivity contribution is -0.132. The Morgan fingerprint density at radius 1 is 1.38 bits per heavy atom.